The van der Waals surface area contributed by atoms with Gasteiger partial charge in [-0.05, 0) is 12.8 Å². The largest absolute Gasteiger partial charge is 0.471 e. The number of hydrogen-bond donors (Lipinski definition) is 0. The van der Waals surface area contributed by atoms with Gasteiger partial charge in [0.1, 0.15) is 0 Å². The highest BCUT2D eigenvalue weighted by molar-refractivity contribution is 6.42. The molecule has 0 heterocycles. The van der Waals surface area contributed by atoms with Crippen LogP contribution >= 0.6 is 23.2 Å². The molecule has 6 nitrogen and oxygen atoms in total. The van der Waals surface area contributed by atoms with Gasteiger partial charge in [-0.25, -0.2) is 4.79 Å². The molecular formula is C13H15Cl2NO5. The van der Waals surface area contributed by atoms with E-state index in [1.54, 1.807) is 0 Å². The number of halogens is 2. The molecule has 0 saturated carbocycles. The van der Waals surface area contributed by atoms with Gasteiger partial charge in [0.25, 0.3) is 0 Å². The molecular weight excluding hydrogens is 321 g/mol. The highest BCUT2D eigenvalue weighted by Crippen LogP contribution is 2.36. The van der Waals surface area contributed by atoms with E-state index in [4.69, 9.17) is 27.9 Å². The first kappa shape index (κ1) is 17.5. The molecule has 0 amide bonds. The summed E-state index contributed by atoms with van der Waals surface area (Å²) in [5.74, 6) is -0.704. The Morgan fingerprint density at radius 2 is 2.00 bits per heavy atom. The maximum absolute atomic E-state index is 11.7. The Bertz CT molecular complexity index is 536. The van der Waals surface area contributed by atoms with Crippen LogP contribution in [0, 0.1) is 10.1 Å². The lowest BCUT2D eigenvalue weighted by Crippen LogP contribution is -2.28. The van der Waals surface area contributed by atoms with E-state index in [0.29, 0.717) is 6.42 Å². The van der Waals surface area contributed by atoms with Gasteiger partial charge in [-0.15, -0.1) is 0 Å². The monoisotopic (exact) mass is 335 g/mol. The third kappa shape index (κ3) is 4.75. The number of nitro groups is 1. The fourth-order valence-electron chi connectivity index (χ4n) is 1.65. The fraction of sp³-hybridized carbons (Fsp3) is 0.462. The molecule has 21 heavy (non-hydrogen) atoms. The van der Waals surface area contributed by atoms with Crippen molar-refractivity contribution in [3.63, 3.8) is 0 Å². The van der Waals surface area contributed by atoms with E-state index in [0.717, 1.165) is 18.9 Å². The van der Waals surface area contributed by atoms with Crippen LogP contribution in [0.25, 0.3) is 0 Å². The molecule has 1 rings (SSSR count). The van der Waals surface area contributed by atoms with Crippen molar-refractivity contribution in [1.29, 1.82) is 0 Å². The van der Waals surface area contributed by atoms with Gasteiger partial charge in [-0.3, -0.25) is 10.1 Å². The number of rotatable bonds is 7. The fourth-order valence-corrected chi connectivity index (χ4v) is 1.97. The number of hydrogen-bond acceptors (Lipinski definition) is 5. The van der Waals surface area contributed by atoms with Crippen molar-refractivity contribution in [2.45, 2.75) is 32.3 Å². The second-order valence-electron chi connectivity index (χ2n) is 4.26. The molecule has 0 N–H and O–H groups in total. The molecule has 1 aromatic rings. The highest BCUT2D eigenvalue weighted by Gasteiger charge is 2.26. The summed E-state index contributed by atoms with van der Waals surface area (Å²) in [4.78, 5) is 22.1. The van der Waals surface area contributed by atoms with E-state index in [1.807, 2.05) is 6.92 Å². The lowest BCUT2D eigenvalue weighted by molar-refractivity contribution is -0.386. The van der Waals surface area contributed by atoms with Crippen molar-refractivity contribution in [1.82, 2.24) is 0 Å². The normalized spacial score (nSPS) is 11.8. The third-order valence-corrected chi connectivity index (χ3v) is 3.47. The van der Waals surface area contributed by atoms with Crippen molar-refractivity contribution in [3.8, 4) is 5.75 Å². The highest BCUT2D eigenvalue weighted by atomic mass is 35.5. The van der Waals surface area contributed by atoms with Crippen molar-refractivity contribution in [2.75, 3.05) is 7.11 Å². The number of unbranched alkanes of at least 4 members (excludes halogenated alkanes) is 1. The summed E-state index contributed by atoms with van der Waals surface area (Å²) in [6, 6.07) is 2.32. The van der Waals surface area contributed by atoms with Crippen LogP contribution in [0.5, 0.6) is 5.75 Å². The van der Waals surface area contributed by atoms with E-state index in [9.17, 15) is 14.9 Å². The van der Waals surface area contributed by atoms with E-state index in [2.05, 4.69) is 4.74 Å². The van der Waals surface area contributed by atoms with Crippen LogP contribution in [-0.2, 0) is 9.53 Å². The molecule has 0 bridgehead atoms. The minimum Gasteiger partial charge on any atom is -0.471 e. The number of methoxy groups -OCH3 is 1. The molecule has 0 aliphatic rings. The molecule has 0 fully saturated rings. The first-order valence-corrected chi connectivity index (χ1v) is 7.04. The average molecular weight is 336 g/mol. The molecule has 0 aromatic heterocycles. The molecule has 0 aliphatic carbocycles. The zero-order valence-corrected chi connectivity index (χ0v) is 13.1. The van der Waals surface area contributed by atoms with Gasteiger partial charge in [-0.1, -0.05) is 36.5 Å². The number of nitro benzene ring substituents is 1. The molecule has 1 unspecified atom stereocenters. The van der Waals surface area contributed by atoms with Gasteiger partial charge in [0.15, 0.2) is 11.9 Å². The van der Waals surface area contributed by atoms with Crippen molar-refractivity contribution >= 4 is 34.9 Å². The van der Waals surface area contributed by atoms with Crippen LogP contribution in [0.1, 0.15) is 26.2 Å². The lowest BCUT2D eigenvalue weighted by atomic mass is 10.1. The maximum atomic E-state index is 11.7. The van der Waals surface area contributed by atoms with Crippen molar-refractivity contribution < 1.29 is 19.2 Å². The predicted molar refractivity (Wildman–Crippen MR) is 79.1 cm³/mol. The number of benzene rings is 1. The number of ether oxygens (including phenoxy) is 2. The Morgan fingerprint density at radius 3 is 2.52 bits per heavy atom. The smallest absolute Gasteiger partial charge is 0.347 e. The topological polar surface area (TPSA) is 78.7 Å². The summed E-state index contributed by atoms with van der Waals surface area (Å²) in [5.41, 5.74) is -0.352. The quantitative estimate of drug-likeness (QED) is 0.427. The third-order valence-electron chi connectivity index (χ3n) is 2.75. The minimum atomic E-state index is -0.925. The molecule has 0 saturated heterocycles. The van der Waals surface area contributed by atoms with E-state index in [1.165, 1.54) is 13.2 Å². The minimum absolute atomic E-state index is 0.0406. The van der Waals surface area contributed by atoms with Crippen molar-refractivity contribution in [3.05, 3.63) is 32.3 Å². The summed E-state index contributed by atoms with van der Waals surface area (Å²) in [6.07, 6.45) is 1.03. The lowest BCUT2D eigenvalue weighted by Gasteiger charge is -2.17. The predicted octanol–water partition coefficient (Wildman–Crippen LogP) is 4.01. The maximum Gasteiger partial charge on any atom is 0.347 e. The number of nitrogens with zero attached hydrogens (tertiary/aromatic N) is 1. The molecule has 116 valence electrons. The Hall–Kier alpha value is -1.53. The van der Waals surface area contributed by atoms with Gasteiger partial charge in [0.2, 0.25) is 0 Å². The Kier molecular flexibility index (Phi) is 6.71. The summed E-state index contributed by atoms with van der Waals surface area (Å²) >= 11 is 11.6. The van der Waals surface area contributed by atoms with Gasteiger partial charge in [-0.2, -0.15) is 0 Å². The first-order chi connectivity index (χ1) is 9.90. The zero-order chi connectivity index (χ0) is 16.0. The van der Waals surface area contributed by atoms with Crippen molar-refractivity contribution in [2.24, 2.45) is 0 Å². The summed E-state index contributed by atoms with van der Waals surface area (Å²) < 4.78 is 10.1. The SMILES string of the molecule is CCCCC(Oc1cc(Cl)c(Cl)cc1[N+](=O)[O-])C(=O)OC. The van der Waals surface area contributed by atoms with E-state index >= 15 is 0 Å². The zero-order valence-electron chi connectivity index (χ0n) is 11.6. The molecule has 0 radical (unpaired) electrons. The summed E-state index contributed by atoms with van der Waals surface area (Å²) in [7, 11) is 1.23. The van der Waals surface area contributed by atoms with Crippen LogP contribution in [-0.4, -0.2) is 24.1 Å². The van der Waals surface area contributed by atoms with Gasteiger partial charge in [0.05, 0.1) is 22.1 Å². The molecule has 0 spiro atoms. The summed E-state index contributed by atoms with van der Waals surface area (Å²) in [5, 5.41) is 11.2. The molecule has 1 atom stereocenters. The molecule has 8 heteroatoms. The van der Waals surface area contributed by atoms with Crippen LogP contribution in [0.2, 0.25) is 10.0 Å². The van der Waals surface area contributed by atoms with Crippen LogP contribution in [0.4, 0.5) is 5.69 Å². The van der Waals surface area contributed by atoms with Crippen LogP contribution < -0.4 is 4.74 Å². The second-order valence-corrected chi connectivity index (χ2v) is 5.08. The second kappa shape index (κ2) is 8.05. The summed E-state index contributed by atoms with van der Waals surface area (Å²) in [6.45, 7) is 1.95. The molecule has 0 aliphatic heterocycles. The number of carbonyl (C=O) groups excluding carboxylic acids is 1. The van der Waals surface area contributed by atoms with E-state index < -0.39 is 17.0 Å². The van der Waals surface area contributed by atoms with Gasteiger partial charge < -0.3 is 9.47 Å². The standard InChI is InChI=1S/C13H15Cl2NO5/c1-3-4-5-11(13(17)20-2)21-12-7-9(15)8(14)6-10(12)16(18)19/h6-7,11H,3-5H2,1-2H3. The van der Waals surface area contributed by atoms with E-state index in [-0.39, 0.29) is 21.5 Å². The average Bonchev–Trinajstić information content (AvgIpc) is 2.45. The molecule has 1 aromatic carbocycles. The van der Waals surface area contributed by atoms with Crippen LogP contribution in [0.3, 0.4) is 0 Å². The Labute approximate surface area is 132 Å². The van der Waals surface area contributed by atoms with Gasteiger partial charge in [0, 0.05) is 12.1 Å². The Balaban J connectivity index is 3.09. The number of esters is 1. The Morgan fingerprint density at radius 1 is 1.38 bits per heavy atom. The van der Waals surface area contributed by atoms with Gasteiger partial charge >= 0.3 is 11.7 Å². The first-order valence-electron chi connectivity index (χ1n) is 6.28. The van der Waals surface area contributed by atoms with Crippen LogP contribution in [0.15, 0.2) is 12.1 Å². The number of carbonyl (C=O) groups is 1.